The van der Waals surface area contributed by atoms with Gasteiger partial charge in [-0.15, -0.1) is 0 Å². The zero-order chi connectivity index (χ0) is 23.0. The second-order valence-electron chi connectivity index (χ2n) is 7.91. The number of aromatic amines is 1. The van der Waals surface area contributed by atoms with Crippen LogP contribution >= 0.6 is 11.6 Å². The zero-order valence-electron chi connectivity index (χ0n) is 18.5. The first kappa shape index (κ1) is 22.6. The highest BCUT2D eigenvalue weighted by Gasteiger charge is 2.20. The van der Waals surface area contributed by atoms with Gasteiger partial charge in [0.25, 0.3) is 0 Å². The highest BCUT2D eigenvalue weighted by Crippen LogP contribution is 2.40. The quantitative estimate of drug-likeness (QED) is 0.360. The van der Waals surface area contributed by atoms with E-state index in [1.54, 1.807) is 31.3 Å². The number of nitrogens with one attached hydrogen (secondary N) is 1. The minimum Gasteiger partial charge on any atom is -0.473 e. The van der Waals surface area contributed by atoms with Gasteiger partial charge in [0, 0.05) is 17.0 Å². The van der Waals surface area contributed by atoms with Crippen molar-refractivity contribution in [1.29, 1.82) is 0 Å². The Morgan fingerprint density at radius 1 is 1.16 bits per heavy atom. The predicted octanol–water partition coefficient (Wildman–Crippen LogP) is 5.51. The molecule has 1 N–H and O–H groups in total. The van der Waals surface area contributed by atoms with Gasteiger partial charge in [0.15, 0.2) is 16.1 Å². The molecular formula is C24H26ClN3O3S. The van der Waals surface area contributed by atoms with Crippen LogP contribution in [0.15, 0.2) is 53.6 Å². The fourth-order valence-corrected chi connectivity index (χ4v) is 4.98. The summed E-state index contributed by atoms with van der Waals surface area (Å²) in [4.78, 5) is 10.2. The smallest absolute Gasteiger partial charge is 0.178 e. The predicted molar refractivity (Wildman–Crippen MR) is 130 cm³/mol. The summed E-state index contributed by atoms with van der Waals surface area (Å²) in [5.74, 6) is 0.754. The third kappa shape index (κ3) is 4.08. The molecule has 1 atom stereocenters. The Morgan fingerprint density at radius 2 is 1.94 bits per heavy atom. The molecule has 0 amide bonds. The minimum atomic E-state index is -3.33. The number of pyridine rings is 1. The molecule has 0 fully saturated rings. The van der Waals surface area contributed by atoms with Crippen LogP contribution in [0, 0.1) is 0 Å². The van der Waals surface area contributed by atoms with Crippen molar-refractivity contribution >= 4 is 43.4 Å². The molecule has 0 aliphatic carbocycles. The Balaban J connectivity index is 1.99. The van der Waals surface area contributed by atoms with Crippen molar-refractivity contribution in [1.82, 2.24) is 14.9 Å². The molecule has 0 radical (unpaired) electrons. The molecule has 6 nitrogen and oxygen atoms in total. The molecule has 0 bridgehead atoms. The van der Waals surface area contributed by atoms with Crippen LogP contribution in [0.2, 0.25) is 5.02 Å². The summed E-state index contributed by atoms with van der Waals surface area (Å²) in [6.45, 7) is 3.72. The zero-order valence-corrected chi connectivity index (χ0v) is 20.1. The van der Waals surface area contributed by atoms with Crippen LogP contribution in [-0.4, -0.2) is 49.4 Å². The topological polar surface area (TPSA) is 75.3 Å². The third-order valence-corrected chi connectivity index (χ3v) is 7.55. The molecule has 32 heavy (non-hydrogen) atoms. The molecule has 2 aromatic heterocycles. The van der Waals surface area contributed by atoms with Crippen LogP contribution in [0.4, 0.5) is 0 Å². The molecule has 2 aromatic carbocycles. The number of hydrogen-bond acceptors (Lipinski definition) is 5. The van der Waals surface area contributed by atoms with Crippen molar-refractivity contribution in [3.8, 4) is 16.9 Å². The highest BCUT2D eigenvalue weighted by atomic mass is 35.5. The lowest BCUT2D eigenvalue weighted by Crippen LogP contribution is -2.32. The number of sulfone groups is 1. The SMILES string of the molecule is CCC(Oc1ccc(-c2cccc(S(=O)(=O)CC)c2)c2c1[nH]c1ncc(Cl)cc12)N(C)C. The summed E-state index contributed by atoms with van der Waals surface area (Å²) in [6.07, 6.45) is 2.32. The molecule has 0 aliphatic rings. The Hall–Kier alpha value is -2.61. The second-order valence-corrected chi connectivity index (χ2v) is 10.6. The Morgan fingerprint density at radius 3 is 2.62 bits per heavy atom. The molecule has 168 valence electrons. The third-order valence-electron chi connectivity index (χ3n) is 5.61. The van der Waals surface area contributed by atoms with Crippen LogP contribution in [0.1, 0.15) is 20.3 Å². The van der Waals surface area contributed by atoms with E-state index in [0.717, 1.165) is 33.8 Å². The highest BCUT2D eigenvalue weighted by molar-refractivity contribution is 7.91. The first-order valence-electron chi connectivity index (χ1n) is 10.5. The lowest BCUT2D eigenvalue weighted by atomic mass is 9.99. The maximum Gasteiger partial charge on any atom is 0.178 e. The van der Waals surface area contributed by atoms with E-state index >= 15 is 0 Å². The molecule has 2 heterocycles. The van der Waals surface area contributed by atoms with E-state index in [2.05, 4.69) is 16.9 Å². The Kier molecular flexibility index (Phi) is 6.16. The molecule has 0 saturated carbocycles. The van der Waals surface area contributed by atoms with Crippen LogP contribution in [0.3, 0.4) is 0 Å². The largest absolute Gasteiger partial charge is 0.473 e. The van der Waals surface area contributed by atoms with E-state index < -0.39 is 9.84 Å². The molecule has 4 rings (SSSR count). The monoisotopic (exact) mass is 471 g/mol. The van der Waals surface area contributed by atoms with Gasteiger partial charge in [-0.25, -0.2) is 13.4 Å². The second kappa shape index (κ2) is 8.73. The van der Waals surface area contributed by atoms with Crippen molar-refractivity contribution < 1.29 is 13.2 Å². The van der Waals surface area contributed by atoms with E-state index in [1.165, 1.54) is 0 Å². The van der Waals surface area contributed by atoms with Gasteiger partial charge in [-0.3, -0.25) is 4.90 Å². The van der Waals surface area contributed by atoms with Gasteiger partial charge in [0.2, 0.25) is 0 Å². The summed E-state index contributed by atoms with van der Waals surface area (Å²) in [7, 11) is 0.630. The lowest BCUT2D eigenvalue weighted by Gasteiger charge is -2.24. The first-order valence-corrected chi connectivity index (χ1v) is 12.5. The Labute approximate surface area is 193 Å². The van der Waals surface area contributed by atoms with Gasteiger partial charge < -0.3 is 9.72 Å². The summed E-state index contributed by atoms with van der Waals surface area (Å²) in [5.41, 5.74) is 3.18. The average molecular weight is 472 g/mol. The van der Waals surface area contributed by atoms with Crippen molar-refractivity contribution in [2.45, 2.75) is 31.4 Å². The standard InChI is InChI=1S/C24H26ClN3O3S/c1-5-21(28(3)4)31-20-11-10-18(15-8-7-9-17(12-15)32(29,30)6-2)22-19-13-16(25)14-26-24(19)27-23(20)22/h7-14,21H,5-6H2,1-4H3,(H,26,27). The number of ether oxygens (including phenoxy) is 1. The van der Waals surface area contributed by atoms with Crippen molar-refractivity contribution in [3.05, 3.63) is 53.7 Å². The number of benzene rings is 2. The van der Waals surface area contributed by atoms with Gasteiger partial charge >= 0.3 is 0 Å². The van der Waals surface area contributed by atoms with Gasteiger partial charge in [-0.2, -0.15) is 0 Å². The van der Waals surface area contributed by atoms with E-state index in [-0.39, 0.29) is 12.0 Å². The van der Waals surface area contributed by atoms with E-state index in [1.807, 2.05) is 43.3 Å². The fourth-order valence-electron chi connectivity index (χ4n) is 3.90. The Bertz CT molecular complexity index is 1400. The summed E-state index contributed by atoms with van der Waals surface area (Å²) in [5, 5.41) is 2.28. The van der Waals surface area contributed by atoms with Crippen LogP contribution in [0.25, 0.3) is 33.1 Å². The summed E-state index contributed by atoms with van der Waals surface area (Å²) in [6, 6.07) is 12.8. The fraction of sp³-hybridized carbons (Fsp3) is 0.292. The molecule has 0 spiro atoms. The molecule has 4 aromatic rings. The van der Waals surface area contributed by atoms with Gasteiger partial charge in [-0.1, -0.05) is 37.6 Å². The lowest BCUT2D eigenvalue weighted by molar-refractivity contribution is 0.0625. The number of hydrogen-bond donors (Lipinski definition) is 1. The molecular weight excluding hydrogens is 446 g/mol. The average Bonchev–Trinajstić information content (AvgIpc) is 3.16. The summed E-state index contributed by atoms with van der Waals surface area (Å²) >= 11 is 6.27. The van der Waals surface area contributed by atoms with Gasteiger partial charge in [-0.05, 0) is 62.0 Å². The normalized spacial score (nSPS) is 13.2. The number of aromatic nitrogens is 2. The van der Waals surface area contributed by atoms with Crippen molar-refractivity contribution in [2.24, 2.45) is 0 Å². The maximum absolute atomic E-state index is 12.5. The number of halogens is 1. The molecule has 1 unspecified atom stereocenters. The number of nitrogens with zero attached hydrogens (tertiary/aromatic N) is 2. The van der Waals surface area contributed by atoms with Gasteiger partial charge in [0.05, 0.1) is 21.2 Å². The van der Waals surface area contributed by atoms with E-state index in [0.29, 0.717) is 21.3 Å². The first-order chi connectivity index (χ1) is 15.2. The minimum absolute atomic E-state index is 0.0498. The van der Waals surface area contributed by atoms with Crippen molar-refractivity contribution in [2.75, 3.05) is 19.8 Å². The van der Waals surface area contributed by atoms with Crippen molar-refractivity contribution in [3.63, 3.8) is 0 Å². The van der Waals surface area contributed by atoms with E-state index in [4.69, 9.17) is 16.3 Å². The number of rotatable bonds is 7. The molecule has 8 heteroatoms. The van der Waals surface area contributed by atoms with Crippen LogP contribution in [0.5, 0.6) is 5.75 Å². The van der Waals surface area contributed by atoms with E-state index in [9.17, 15) is 8.42 Å². The molecule has 0 saturated heterocycles. The van der Waals surface area contributed by atoms with Crippen LogP contribution in [-0.2, 0) is 9.84 Å². The maximum atomic E-state index is 12.5. The van der Waals surface area contributed by atoms with Crippen LogP contribution < -0.4 is 4.74 Å². The summed E-state index contributed by atoms with van der Waals surface area (Å²) < 4.78 is 31.3. The van der Waals surface area contributed by atoms with Gasteiger partial charge in [0.1, 0.15) is 11.4 Å². The number of fused-ring (bicyclic) bond motifs is 3. The number of H-pyrrole nitrogens is 1. The molecule has 0 aliphatic heterocycles.